The van der Waals surface area contributed by atoms with E-state index in [2.05, 4.69) is 261 Å². The summed E-state index contributed by atoms with van der Waals surface area (Å²) >= 11 is 11.2. The summed E-state index contributed by atoms with van der Waals surface area (Å²) in [6.45, 7) is 1.69. The van der Waals surface area contributed by atoms with Crippen LogP contribution in [-0.4, -0.2) is 83.6 Å². The molecule has 0 aliphatic rings. The van der Waals surface area contributed by atoms with Crippen molar-refractivity contribution in [3.05, 3.63) is 23.0 Å². The summed E-state index contributed by atoms with van der Waals surface area (Å²) in [5.74, 6) is -1.09. The zero-order chi connectivity index (χ0) is 80.0. The fourth-order valence-electron chi connectivity index (χ4n) is 7.72. The predicted molar refractivity (Wildman–Crippen MR) is 316 cm³/mol. The third-order valence-electron chi connectivity index (χ3n) is 12.3. The quantitative estimate of drug-likeness (QED) is 0.0104. The van der Waals surface area contributed by atoms with Gasteiger partial charge in [0.15, 0.2) is 6.10 Å². The van der Waals surface area contributed by atoms with Crippen molar-refractivity contribution in [2.24, 2.45) is 0 Å². The van der Waals surface area contributed by atoms with Gasteiger partial charge in [-0.1, -0.05) is 194 Å². The van der Waals surface area contributed by atoms with Crippen LogP contribution in [0.1, 0.15) is 219 Å². The maximum Gasteiger partial charge on any atom is 0.472 e. The zero-order valence-corrected chi connectivity index (χ0v) is 61.6. The molecule has 0 saturated heterocycles. The third kappa shape index (κ3) is 81.9. The number of carbonyl (C=O) groups is 3. The van der Waals surface area contributed by atoms with Crippen LogP contribution >= 0.6 is 31.0 Å². The van der Waals surface area contributed by atoms with Crippen molar-refractivity contribution in [3.63, 3.8) is 0 Å². The van der Waals surface area contributed by atoms with Crippen LogP contribution in [0.2, 0.25) is 10.6 Å². The molecule has 2 atom stereocenters. The summed E-state index contributed by atoms with van der Waals surface area (Å²) in [6, 6.07) is 0. The number of phosphoric ester groups is 1. The van der Waals surface area contributed by atoms with Gasteiger partial charge in [0.2, 0.25) is 16.5 Å². The Morgan fingerprint density at radius 3 is 1.02 bits per heavy atom. The predicted octanol–water partition coefficient (Wildman–Crippen LogP) is 11.0. The Morgan fingerprint density at radius 2 is 0.676 bits per heavy atom. The molecule has 0 aromatic carbocycles. The molecule has 1 rings (SSSR count). The number of phosphoric acid groups is 1. The fourth-order valence-corrected chi connectivity index (χ4v) is 8.84. The average molecular weight is 1710 g/mol. The molecule has 1 aromatic heterocycles. The third-order valence-corrected chi connectivity index (χ3v) is 13.6. The van der Waals surface area contributed by atoms with E-state index in [0.717, 1.165) is 57.4 Å². The van der Waals surface area contributed by atoms with Gasteiger partial charge in [-0.2, -0.15) is 15.0 Å². The van der Waals surface area contributed by atoms with Crippen LogP contribution < -0.4 is 10.6 Å². The van der Waals surface area contributed by atoms with E-state index in [0.29, 0.717) is 12.8 Å². The van der Waals surface area contributed by atoms with Gasteiger partial charge in [-0.3, -0.25) is 18.6 Å². The molecule has 62 heteroatoms. The van der Waals surface area contributed by atoms with Gasteiger partial charge >= 0.3 is 25.9 Å². The Bertz CT molecular complexity index is 2260. The Morgan fingerprint density at radius 1 is 0.369 bits per heavy atom. The Balaban J connectivity index is 1.95. The summed E-state index contributed by atoms with van der Waals surface area (Å²) in [7, 11) is -4.77. The lowest BCUT2D eigenvalue weighted by atomic mass is 10.0. The Hall–Kier alpha value is -4.47. The van der Waals surface area contributed by atoms with Crippen LogP contribution in [0, 0.1) is 0 Å². The van der Waals surface area contributed by atoms with Crippen LogP contribution in [0.3, 0.4) is 0 Å². The minimum Gasteiger partial charge on any atom is -0.462 e. The first-order valence-corrected chi connectivity index (χ1v) is 35.4. The van der Waals surface area contributed by atoms with Gasteiger partial charge < -0.3 is 34.6 Å². The molecule has 0 aliphatic heterocycles. The van der Waals surface area contributed by atoms with Crippen molar-refractivity contribution < 1.29 is 268 Å². The number of anilines is 1. The smallest absolute Gasteiger partial charge is 0.462 e. The SMILES string of the molecule is CCCCCCCCCCCCCCCCCC(=O)OC[C@H](COP(=O)(O)OCCNC(=O)OCCOOOOOOOOOOOOOOOOOOOOOOOOOOOOOOOOOOOOOOOOOOOO/C=C/Nc1nc(Cl)nc(Cl)n1)OC(=O)CCCCCCCCCCCCCCCCC. The maximum absolute atomic E-state index is 12.9. The fraction of sp³-hybridized carbons (Fsp3) is 0.837. The summed E-state index contributed by atoms with van der Waals surface area (Å²) in [4.78, 5) is 67.4. The molecule has 111 heavy (non-hydrogen) atoms. The molecule has 1 heterocycles. The number of hydrogen-bond acceptors (Lipinski definition) is 57. The molecule has 0 spiro atoms. The first kappa shape index (κ1) is 105. The van der Waals surface area contributed by atoms with Crippen molar-refractivity contribution >= 4 is 55.0 Å². The second-order valence-corrected chi connectivity index (χ2v) is 22.4. The number of alkyl carbamates (subject to hydrolysis) is 1. The molecule has 0 aliphatic carbocycles. The van der Waals surface area contributed by atoms with Gasteiger partial charge in [0.05, 0.1) is 13.2 Å². The van der Waals surface area contributed by atoms with Gasteiger partial charge in [0, 0.05) is 197 Å². The number of amides is 1. The van der Waals surface area contributed by atoms with Gasteiger partial charge in [0.25, 0.3) is 0 Å². The number of carbonyl (C=O) groups excluding carboxylic acids is 3. The lowest BCUT2D eigenvalue weighted by Crippen LogP contribution is -2.30. The average Bonchev–Trinajstić information content (AvgIpc) is 0.894. The lowest BCUT2D eigenvalue weighted by Gasteiger charge is -2.20. The lowest BCUT2D eigenvalue weighted by molar-refractivity contribution is -0.909. The molecule has 0 fully saturated rings. The number of aromatic nitrogens is 3. The molecule has 0 saturated carbocycles. The largest absolute Gasteiger partial charge is 0.472 e. The van der Waals surface area contributed by atoms with E-state index in [4.69, 9.17) is 46.5 Å². The number of ether oxygens (including phenoxy) is 3. The second kappa shape index (κ2) is 84.9. The number of esters is 2. The van der Waals surface area contributed by atoms with Crippen molar-refractivity contribution in [1.82, 2.24) is 20.3 Å². The second-order valence-electron chi connectivity index (χ2n) is 20.3. The monoisotopic (exact) mass is 1710 g/mol. The first-order chi connectivity index (χ1) is 54.5. The minimum atomic E-state index is -4.77. The number of rotatable bonds is 91. The molecular weight excluding hydrogens is 1620 g/mol. The molecule has 1 unspecified atom stereocenters. The van der Waals surface area contributed by atoms with E-state index in [-0.39, 0.29) is 35.9 Å². The number of unbranched alkanes of at least 4 members (excludes halogenated alkanes) is 28. The van der Waals surface area contributed by atoms with E-state index >= 15 is 0 Å². The van der Waals surface area contributed by atoms with Gasteiger partial charge in [-0.05, 0) is 76.3 Å². The highest BCUT2D eigenvalue weighted by Crippen LogP contribution is 2.43. The minimum absolute atomic E-state index is 0.0319. The van der Waals surface area contributed by atoms with E-state index in [9.17, 15) is 23.8 Å². The summed E-state index contributed by atoms with van der Waals surface area (Å²) < 4.78 is 38.5. The zero-order valence-electron chi connectivity index (χ0n) is 59.2. The van der Waals surface area contributed by atoms with E-state index in [1.807, 2.05) is 0 Å². The van der Waals surface area contributed by atoms with Gasteiger partial charge in [0.1, 0.15) is 26.1 Å². The van der Waals surface area contributed by atoms with E-state index in [1.54, 1.807) is 0 Å². The summed E-state index contributed by atoms with van der Waals surface area (Å²) in [6.07, 6.45) is 35.3. The molecular formula is C49H88Cl2N5O54P. The summed E-state index contributed by atoms with van der Waals surface area (Å²) in [5, 5.41) is 157. The highest BCUT2D eigenvalue weighted by molar-refractivity contribution is 7.47. The standard InChI is InChI=1S/C49H88Cl2N5O54P/c1-3-5-7-9-11-13-15-17-19-21-23-25-27-29-31-33-44(57)63-41-43(68-45(58)34-32-30-28-26-24-22-20-18-16-14-12-10-8-6-4-2)42-67-111(60,61)66-38-36-53-49(59)62-39-40-65-70-72-74-76-78-80-82-84-86-88-90-92-94-96-98-100-102-104-106-108-110-109-107-105-103-101-99-97-95-93-91-89-87-85-83-81-79-77-75-73-71-69-64-37-35-52-48-55-46(50)54-47(51)56-48/h35,37,43H,3-34,36,38-42H2,1-2H3,(H,53,59)(H,60,61)(H,52,54,55,56)/b37-35+/t43-/m1/s1. The van der Waals surface area contributed by atoms with Crippen LogP contribution in [0.25, 0.3) is 0 Å². The first-order valence-electron chi connectivity index (χ1n) is 33.2. The Kier molecular flexibility index (Phi) is 80.0. The van der Waals surface area contributed by atoms with Crippen molar-refractivity contribution in [2.75, 3.05) is 44.9 Å². The van der Waals surface area contributed by atoms with Crippen molar-refractivity contribution in [1.29, 1.82) is 0 Å². The molecule has 0 radical (unpaired) electrons. The van der Waals surface area contributed by atoms with Crippen LogP contribution in [0.5, 0.6) is 0 Å². The van der Waals surface area contributed by atoms with E-state index in [1.165, 1.54) is 135 Å². The number of nitrogens with zero attached hydrogens (tertiary/aromatic N) is 3. The number of hydrogen-bond donors (Lipinski definition) is 3. The highest BCUT2D eigenvalue weighted by atomic mass is 35.5. The molecule has 59 nitrogen and oxygen atoms in total. The van der Waals surface area contributed by atoms with Gasteiger partial charge in [-0.25, -0.2) is 14.2 Å². The molecule has 1 amide bonds. The Labute approximate surface area is 635 Å². The molecule has 3 N–H and O–H groups in total. The van der Waals surface area contributed by atoms with Crippen LogP contribution in [0.15, 0.2) is 12.5 Å². The highest BCUT2D eigenvalue weighted by Gasteiger charge is 2.26. The van der Waals surface area contributed by atoms with E-state index < -0.39 is 65.0 Å². The number of nitrogens with one attached hydrogen (secondary N) is 2. The van der Waals surface area contributed by atoms with Crippen LogP contribution in [0.4, 0.5) is 10.7 Å². The molecule has 1 aromatic rings. The molecule has 0 bridgehead atoms. The van der Waals surface area contributed by atoms with Crippen molar-refractivity contribution in [3.8, 4) is 0 Å². The van der Waals surface area contributed by atoms with Crippen LogP contribution in [-0.2, 0) is 259 Å². The van der Waals surface area contributed by atoms with Crippen molar-refractivity contribution in [2.45, 2.75) is 225 Å². The maximum atomic E-state index is 12.9. The normalized spacial score (nSPS) is 12.4. The summed E-state index contributed by atoms with van der Waals surface area (Å²) in [5.41, 5.74) is 0. The van der Waals surface area contributed by atoms with Gasteiger partial charge in [-0.15, -0.1) is 0 Å². The molecule has 652 valence electrons. The topological polar surface area (TPSA) is 604 Å². The number of halogens is 2.